The molecule has 0 bridgehead atoms. The predicted octanol–water partition coefficient (Wildman–Crippen LogP) is 2.84. The molecule has 0 radical (unpaired) electrons. The number of aryl methyl sites for hydroxylation is 3. The van der Waals surface area contributed by atoms with Crippen LogP contribution in [0.25, 0.3) is 5.69 Å². The van der Waals surface area contributed by atoms with Crippen LogP contribution >= 0.6 is 0 Å². The molecule has 0 aliphatic heterocycles. The van der Waals surface area contributed by atoms with Crippen molar-refractivity contribution in [2.75, 3.05) is 5.32 Å². The third-order valence-electron chi connectivity index (χ3n) is 3.51. The minimum absolute atomic E-state index is 0.258. The second-order valence-electron chi connectivity index (χ2n) is 5.38. The number of benzene rings is 1. The molecule has 2 heterocycles. The van der Waals surface area contributed by atoms with Crippen molar-refractivity contribution in [3.05, 3.63) is 65.2 Å². The van der Waals surface area contributed by atoms with Gasteiger partial charge in [0.25, 0.3) is 5.91 Å². The van der Waals surface area contributed by atoms with Gasteiger partial charge in [-0.1, -0.05) is 23.4 Å². The van der Waals surface area contributed by atoms with Gasteiger partial charge in [0.05, 0.1) is 23.3 Å². The standard InChI is InChI=1S/C17H17N5O/c1-11-9-12(2)18-13(3)16(11)19-17(23)15-10-22(21-20-15)14-7-5-4-6-8-14/h4-10H,1-3H3,(H,19,23). The molecule has 6 heteroatoms. The Morgan fingerprint density at radius 3 is 2.57 bits per heavy atom. The Bertz CT molecular complexity index is 831. The number of rotatable bonds is 3. The molecule has 6 nitrogen and oxygen atoms in total. The largest absolute Gasteiger partial charge is 0.319 e. The van der Waals surface area contributed by atoms with Crippen LogP contribution in [0.5, 0.6) is 0 Å². The smallest absolute Gasteiger partial charge is 0.277 e. The lowest BCUT2D eigenvalue weighted by atomic mass is 10.1. The quantitative estimate of drug-likeness (QED) is 0.807. The fourth-order valence-electron chi connectivity index (χ4n) is 2.46. The van der Waals surface area contributed by atoms with Crippen LogP contribution in [-0.4, -0.2) is 25.9 Å². The van der Waals surface area contributed by atoms with Gasteiger partial charge in [-0.25, -0.2) is 4.68 Å². The first kappa shape index (κ1) is 14.9. The Kier molecular flexibility index (Phi) is 3.89. The zero-order chi connectivity index (χ0) is 16.4. The van der Waals surface area contributed by atoms with Crippen molar-refractivity contribution >= 4 is 11.6 Å². The van der Waals surface area contributed by atoms with E-state index in [1.807, 2.05) is 57.2 Å². The van der Waals surface area contributed by atoms with Gasteiger partial charge in [0.1, 0.15) is 0 Å². The van der Waals surface area contributed by atoms with Crippen molar-refractivity contribution in [1.29, 1.82) is 0 Å². The van der Waals surface area contributed by atoms with Crippen LogP contribution < -0.4 is 5.32 Å². The average molecular weight is 307 g/mol. The van der Waals surface area contributed by atoms with E-state index in [-0.39, 0.29) is 11.6 Å². The third-order valence-corrected chi connectivity index (χ3v) is 3.51. The molecule has 0 atom stereocenters. The summed E-state index contributed by atoms with van der Waals surface area (Å²) in [6, 6.07) is 11.5. The van der Waals surface area contributed by atoms with Crippen LogP contribution in [0, 0.1) is 20.8 Å². The maximum Gasteiger partial charge on any atom is 0.277 e. The van der Waals surface area contributed by atoms with E-state index in [0.29, 0.717) is 0 Å². The summed E-state index contributed by atoms with van der Waals surface area (Å²) in [5.41, 5.74) is 4.50. The maximum atomic E-state index is 12.4. The van der Waals surface area contributed by atoms with Crippen molar-refractivity contribution in [3.8, 4) is 5.69 Å². The number of aromatic nitrogens is 4. The fraction of sp³-hybridized carbons (Fsp3) is 0.176. The molecule has 2 aromatic heterocycles. The minimum Gasteiger partial charge on any atom is -0.319 e. The third kappa shape index (κ3) is 3.11. The molecule has 3 rings (SSSR count). The first-order valence-electron chi connectivity index (χ1n) is 7.28. The molecule has 0 saturated carbocycles. The maximum absolute atomic E-state index is 12.4. The first-order valence-corrected chi connectivity index (χ1v) is 7.28. The Balaban J connectivity index is 1.84. The van der Waals surface area contributed by atoms with Crippen LogP contribution in [0.1, 0.15) is 27.4 Å². The zero-order valence-electron chi connectivity index (χ0n) is 13.2. The average Bonchev–Trinajstić information content (AvgIpc) is 3.01. The van der Waals surface area contributed by atoms with Gasteiger partial charge < -0.3 is 5.32 Å². The molecule has 1 aromatic carbocycles. The predicted molar refractivity (Wildman–Crippen MR) is 87.8 cm³/mol. The van der Waals surface area contributed by atoms with Gasteiger partial charge in [-0.2, -0.15) is 0 Å². The molecule has 1 amide bonds. The second kappa shape index (κ2) is 6.00. The highest BCUT2D eigenvalue weighted by atomic mass is 16.2. The molecule has 23 heavy (non-hydrogen) atoms. The summed E-state index contributed by atoms with van der Waals surface area (Å²) in [5, 5.41) is 10.8. The molecular weight excluding hydrogens is 290 g/mol. The lowest BCUT2D eigenvalue weighted by molar-refractivity contribution is 0.102. The lowest BCUT2D eigenvalue weighted by Gasteiger charge is -2.10. The number of pyridine rings is 1. The summed E-state index contributed by atoms with van der Waals surface area (Å²) >= 11 is 0. The molecule has 0 saturated heterocycles. The molecule has 116 valence electrons. The lowest BCUT2D eigenvalue weighted by Crippen LogP contribution is -2.15. The molecule has 0 spiro atoms. The molecule has 0 fully saturated rings. The fourth-order valence-corrected chi connectivity index (χ4v) is 2.46. The summed E-state index contributed by atoms with van der Waals surface area (Å²) in [6.07, 6.45) is 1.61. The number of hydrogen-bond acceptors (Lipinski definition) is 4. The second-order valence-corrected chi connectivity index (χ2v) is 5.38. The van der Waals surface area contributed by atoms with Gasteiger partial charge in [-0.05, 0) is 44.5 Å². The Morgan fingerprint density at radius 1 is 1.13 bits per heavy atom. The van der Waals surface area contributed by atoms with E-state index in [0.717, 1.165) is 28.3 Å². The van der Waals surface area contributed by atoms with E-state index in [9.17, 15) is 4.79 Å². The number of carbonyl (C=O) groups excluding carboxylic acids is 1. The number of nitrogens with one attached hydrogen (secondary N) is 1. The Labute approximate surface area is 134 Å². The van der Waals surface area contributed by atoms with Crippen molar-refractivity contribution in [3.63, 3.8) is 0 Å². The van der Waals surface area contributed by atoms with Crippen LogP contribution in [0.4, 0.5) is 5.69 Å². The van der Waals surface area contributed by atoms with E-state index in [2.05, 4.69) is 20.6 Å². The molecule has 1 N–H and O–H groups in total. The summed E-state index contributed by atoms with van der Waals surface area (Å²) in [4.78, 5) is 16.8. The number of anilines is 1. The van der Waals surface area contributed by atoms with E-state index >= 15 is 0 Å². The summed E-state index contributed by atoms with van der Waals surface area (Å²) < 4.78 is 1.57. The van der Waals surface area contributed by atoms with Crippen LogP contribution in [0.15, 0.2) is 42.6 Å². The molecule has 0 aliphatic rings. The number of nitrogens with zero attached hydrogens (tertiary/aromatic N) is 4. The van der Waals surface area contributed by atoms with E-state index < -0.39 is 0 Å². The highest BCUT2D eigenvalue weighted by Gasteiger charge is 2.14. The van der Waals surface area contributed by atoms with Crippen LogP contribution in [-0.2, 0) is 0 Å². The van der Waals surface area contributed by atoms with E-state index in [4.69, 9.17) is 0 Å². The topological polar surface area (TPSA) is 72.7 Å². The first-order chi connectivity index (χ1) is 11.0. The van der Waals surface area contributed by atoms with Crippen LogP contribution in [0.2, 0.25) is 0 Å². The summed E-state index contributed by atoms with van der Waals surface area (Å²) in [7, 11) is 0. The Morgan fingerprint density at radius 2 is 1.87 bits per heavy atom. The number of hydrogen-bond donors (Lipinski definition) is 1. The molecule has 3 aromatic rings. The van der Waals surface area contributed by atoms with Crippen molar-refractivity contribution < 1.29 is 4.79 Å². The van der Waals surface area contributed by atoms with Crippen molar-refractivity contribution in [2.24, 2.45) is 0 Å². The highest BCUT2D eigenvalue weighted by molar-refractivity contribution is 6.03. The number of amides is 1. The summed E-state index contributed by atoms with van der Waals surface area (Å²) in [5.74, 6) is -0.302. The van der Waals surface area contributed by atoms with Crippen molar-refractivity contribution in [2.45, 2.75) is 20.8 Å². The monoisotopic (exact) mass is 307 g/mol. The Hall–Kier alpha value is -3.02. The van der Waals surface area contributed by atoms with Gasteiger partial charge in [-0.3, -0.25) is 9.78 Å². The van der Waals surface area contributed by atoms with E-state index in [1.54, 1.807) is 10.9 Å². The normalized spacial score (nSPS) is 10.6. The number of para-hydroxylation sites is 1. The van der Waals surface area contributed by atoms with E-state index in [1.165, 1.54) is 0 Å². The zero-order valence-corrected chi connectivity index (χ0v) is 13.2. The van der Waals surface area contributed by atoms with Crippen LogP contribution in [0.3, 0.4) is 0 Å². The number of carbonyl (C=O) groups is 1. The molecular formula is C17H17N5O. The van der Waals surface area contributed by atoms with Gasteiger partial charge in [0.2, 0.25) is 0 Å². The van der Waals surface area contributed by atoms with Gasteiger partial charge in [0, 0.05) is 5.69 Å². The highest BCUT2D eigenvalue weighted by Crippen LogP contribution is 2.20. The van der Waals surface area contributed by atoms with Gasteiger partial charge in [0.15, 0.2) is 5.69 Å². The van der Waals surface area contributed by atoms with Crippen molar-refractivity contribution in [1.82, 2.24) is 20.0 Å². The molecule has 0 aliphatic carbocycles. The van der Waals surface area contributed by atoms with Gasteiger partial charge >= 0.3 is 0 Å². The minimum atomic E-state index is -0.302. The van der Waals surface area contributed by atoms with Gasteiger partial charge in [-0.15, -0.1) is 5.10 Å². The SMILES string of the molecule is Cc1cc(C)c(NC(=O)c2cn(-c3ccccc3)nn2)c(C)n1. The molecule has 0 unspecified atom stereocenters. The summed E-state index contributed by atoms with van der Waals surface area (Å²) in [6.45, 7) is 5.74.